The van der Waals surface area contributed by atoms with E-state index in [2.05, 4.69) is 21.5 Å². The highest BCUT2D eigenvalue weighted by molar-refractivity contribution is 6.36. The first-order chi connectivity index (χ1) is 11.8. The van der Waals surface area contributed by atoms with Crippen LogP contribution in [0.3, 0.4) is 0 Å². The summed E-state index contributed by atoms with van der Waals surface area (Å²) in [5, 5.41) is 6.39. The molecule has 0 aliphatic heterocycles. The molecule has 0 bridgehead atoms. The molecule has 25 heavy (non-hydrogen) atoms. The number of benzene rings is 2. The number of halogens is 2. The van der Waals surface area contributed by atoms with E-state index in [4.69, 9.17) is 23.2 Å². The third-order valence-corrected chi connectivity index (χ3v) is 3.84. The number of hydrazine groups is 1. The van der Waals surface area contributed by atoms with E-state index in [9.17, 15) is 9.59 Å². The minimum Gasteiger partial charge on any atom is -0.330 e. The van der Waals surface area contributed by atoms with Crippen LogP contribution >= 0.6 is 23.2 Å². The minimum absolute atomic E-state index is 0.153. The smallest absolute Gasteiger partial charge is 0.330 e. The highest BCUT2D eigenvalue weighted by atomic mass is 35.5. The van der Waals surface area contributed by atoms with Gasteiger partial charge >= 0.3 is 6.03 Å². The van der Waals surface area contributed by atoms with Crippen molar-refractivity contribution >= 4 is 46.5 Å². The van der Waals surface area contributed by atoms with Crippen LogP contribution in [0.25, 0.3) is 0 Å². The summed E-state index contributed by atoms with van der Waals surface area (Å²) in [6.45, 7) is 3.27. The first-order valence-electron chi connectivity index (χ1n) is 7.50. The molecule has 0 aliphatic carbocycles. The van der Waals surface area contributed by atoms with E-state index in [1.165, 1.54) is 6.92 Å². The van der Waals surface area contributed by atoms with Gasteiger partial charge in [-0.3, -0.25) is 15.6 Å². The Morgan fingerprint density at radius 2 is 1.84 bits per heavy atom. The maximum atomic E-state index is 12.0. The first kappa shape index (κ1) is 18.9. The van der Waals surface area contributed by atoms with Gasteiger partial charge < -0.3 is 10.6 Å². The van der Waals surface area contributed by atoms with Gasteiger partial charge in [-0.15, -0.1) is 0 Å². The lowest BCUT2D eigenvalue weighted by Gasteiger charge is -2.17. The lowest BCUT2D eigenvalue weighted by Crippen LogP contribution is -2.40. The molecule has 4 N–H and O–H groups in total. The number of carbonyl (C=O) groups excluding carboxylic acids is 2. The zero-order chi connectivity index (χ0) is 18.4. The highest BCUT2D eigenvalue weighted by Gasteiger charge is 2.10. The second-order valence-electron chi connectivity index (χ2n) is 5.38. The van der Waals surface area contributed by atoms with Crippen LogP contribution in [-0.4, -0.2) is 11.9 Å². The Kier molecular flexibility index (Phi) is 6.50. The van der Waals surface area contributed by atoms with Crippen molar-refractivity contribution in [1.29, 1.82) is 0 Å². The molecular weight excluding hydrogens is 363 g/mol. The molecule has 1 unspecified atom stereocenters. The fourth-order valence-electron chi connectivity index (χ4n) is 2.12. The molecule has 2 rings (SSSR count). The third-order valence-electron chi connectivity index (χ3n) is 3.30. The summed E-state index contributed by atoms with van der Waals surface area (Å²) in [5.41, 5.74) is 7.29. The Bertz CT molecular complexity index is 783. The van der Waals surface area contributed by atoms with Crippen molar-refractivity contribution in [3.05, 3.63) is 58.1 Å². The summed E-state index contributed by atoms with van der Waals surface area (Å²) in [7, 11) is 0. The Hall–Kier alpha value is -2.44. The van der Waals surface area contributed by atoms with Crippen LogP contribution in [0.2, 0.25) is 10.0 Å². The Morgan fingerprint density at radius 3 is 2.52 bits per heavy atom. The van der Waals surface area contributed by atoms with E-state index in [0.717, 1.165) is 5.56 Å². The fourth-order valence-corrected chi connectivity index (χ4v) is 2.58. The second-order valence-corrected chi connectivity index (χ2v) is 6.22. The molecule has 0 radical (unpaired) electrons. The van der Waals surface area contributed by atoms with E-state index in [0.29, 0.717) is 21.4 Å². The summed E-state index contributed by atoms with van der Waals surface area (Å²) < 4.78 is 0. The molecule has 0 fully saturated rings. The average Bonchev–Trinajstić information content (AvgIpc) is 2.53. The second kappa shape index (κ2) is 8.60. The van der Waals surface area contributed by atoms with Gasteiger partial charge in [0.1, 0.15) is 0 Å². The van der Waals surface area contributed by atoms with Crippen molar-refractivity contribution < 1.29 is 9.59 Å². The first-order valence-corrected chi connectivity index (χ1v) is 8.26. The van der Waals surface area contributed by atoms with Gasteiger partial charge in [0.05, 0.1) is 16.8 Å². The van der Waals surface area contributed by atoms with Gasteiger partial charge in [0.2, 0.25) is 5.91 Å². The Labute approximate surface area is 155 Å². The molecule has 2 aromatic carbocycles. The summed E-state index contributed by atoms with van der Waals surface area (Å²) in [4.78, 5) is 23.1. The van der Waals surface area contributed by atoms with Gasteiger partial charge in [-0.25, -0.2) is 4.79 Å². The van der Waals surface area contributed by atoms with Crippen molar-refractivity contribution in [1.82, 2.24) is 10.7 Å². The molecule has 2 aromatic rings. The van der Waals surface area contributed by atoms with Crippen molar-refractivity contribution in [3.63, 3.8) is 0 Å². The number of amides is 3. The number of hydrogen-bond donors (Lipinski definition) is 4. The van der Waals surface area contributed by atoms with E-state index in [1.54, 1.807) is 30.3 Å². The van der Waals surface area contributed by atoms with Crippen LogP contribution in [0.1, 0.15) is 25.5 Å². The predicted octanol–water partition coefficient (Wildman–Crippen LogP) is 4.34. The van der Waals surface area contributed by atoms with Gasteiger partial charge in [-0.2, -0.15) is 0 Å². The molecular formula is C17H18Cl2N4O2. The Balaban J connectivity index is 1.92. The average molecular weight is 381 g/mol. The van der Waals surface area contributed by atoms with Crippen LogP contribution in [-0.2, 0) is 4.79 Å². The molecule has 8 heteroatoms. The molecule has 0 saturated carbocycles. The zero-order valence-electron chi connectivity index (χ0n) is 13.7. The van der Waals surface area contributed by atoms with E-state index in [-0.39, 0.29) is 11.9 Å². The molecule has 0 aromatic heterocycles. The third kappa shape index (κ3) is 5.85. The topological polar surface area (TPSA) is 82.3 Å². The molecule has 0 saturated heterocycles. The lowest BCUT2D eigenvalue weighted by atomic mass is 10.1. The number of anilines is 2. The van der Waals surface area contributed by atoms with E-state index < -0.39 is 6.03 Å². The van der Waals surface area contributed by atoms with Crippen LogP contribution < -0.4 is 21.5 Å². The summed E-state index contributed by atoms with van der Waals surface area (Å²) >= 11 is 11.8. The molecule has 3 amide bonds. The molecule has 6 nitrogen and oxygen atoms in total. The van der Waals surface area contributed by atoms with Crippen molar-refractivity contribution in [3.8, 4) is 0 Å². The van der Waals surface area contributed by atoms with Crippen LogP contribution in [0.4, 0.5) is 16.2 Å². The largest absolute Gasteiger partial charge is 0.333 e. The van der Waals surface area contributed by atoms with Gasteiger partial charge in [0.15, 0.2) is 0 Å². The van der Waals surface area contributed by atoms with Gasteiger partial charge in [0, 0.05) is 17.6 Å². The number of hydrogen-bond acceptors (Lipinski definition) is 3. The zero-order valence-corrected chi connectivity index (χ0v) is 15.2. The summed E-state index contributed by atoms with van der Waals surface area (Å²) in [6.07, 6.45) is 0. The monoisotopic (exact) mass is 380 g/mol. The van der Waals surface area contributed by atoms with Crippen molar-refractivity contribution in [2.45, 2.75) is 19.9 Å². The van der Waals surface area contributed by atoms with Crippen LogP contribution in [0, 0.1) is 0 Å². The summed E-state index contributed by atoms with van der Waals surface area (Å²) in [5.74, 6) is -0.153. The number of urea groups is 1. The highest BCUT2D eigenvalue weighted by Crippen LogP contribution is 2.24. The summed E-state index contributed by atoms with van der Waals surface area (Å²) in [6, 6.07) is 11.4. The molecule has 0 spiro atoms. The maximum absolute atomic E-state index is 12.0. The van der Waals surface area contributed by atoms with Crippen molar-refractivity contribution in [2.24, 2.45) is 0 Å². The molecule has 132 valence electrons. The van der Waals surface area contributed by atoms with Crippen molar-refractivity contribution in [2.75, 3.05) is 10.7 Å². The molecule has 0 aliphatic rings. The number of rotatable bonds is 5. The van der Waals surface area contributed by atoms with Crippen LogP contribution in [0.5, 0.6) is 0 Å². The van der Waals surface area contributed by atoms with Gasteiger partial charge in [0.25, 0.3) is 0 Å². The van der Waals surface area contributed by atoms with E-state index in [1.807, 2.05) is 19.1 Å². The fraction of sp³-hybridized carbons (Fsp3) is 0.176. The molecule has 1 atom stereocenters. The van der Waals surface area contributed by atoms with E-state index >= 15 is 0 Å². The van der Waals surface area contributed by atoms with Crippen LogP contribution in [0.15, 0.2) is 42.5 Å². The predicted molar refractivity (Wildman–Crippen MR) is 101 cm³/mol. The lowest BCUT2D eigenvalue weighted by molar-refractivity contribution is -0.114. The van der Waals surface area contributed by atoms with Gasteiger partial charge in [-0.05, 0) is 42.8 Å². The normalized spacial score (nSPS) is 11.4. The standard InChI is InChI=1S/C17H18Cl2N4O2/c1-10(12-4-3-5-14(8-12)21-11(2)24)20-17(25)23-22-16-7-6-13(18)9-15(16)19/h3-10,22H,1-2H3,(H,21,24)(H2,20,23,25). The Morgan fingerprint density at radius 1 is 1.08 bits per heavy atom. The number of carbonyl (C=O) groups is 2. The minimum atomic E-state index is -0.427. The quantitative estimate of drug-likeness (QED) is 0.582. The number of nitrogens with one attached hydrogen (secondary N) is 4. The maximum Gasteiger partial charge on any atom is 0.333 e. The van der Waals surface area contributed by atoms with Gasteiger partial charge in [-0.1, -0.05) is 35.3 Å². The SMILES string of the molecule is CC(=O)Nc1cccc(C(C)NC(=O)NNc2ccc(Cl)cc2Cl)c1. The molecule has 0 heterocycles.